The molecule has 9 nitrogen and oxygen atoms in total. The van der Waals surface area contributed by atoms with Gasteiger partial charge in [0.25, 0.3) is 5.56 Å². The maximum atomic E-state index is 12.0. The molecular formula is C16H16N6O3S. The van der Waals surface area contributed by atoms with Crippen molar-refractivity contribution in [3.05, 3.63) is 58.9 Å². The Morgan fingerprint density at radius 3 is 2.69 bits per heavy atom. The van der Waals surface area contributed by atoms with Gasteiger partial charge in [0.2, 0.25) is 0 Å². The van der Waals surface area contributed by atoms with Crippen molar-refractivity contribution in [1.82, 2.24) is 14.3 Å². The summed E-state index contributed by atoms with van der Waals surface area (Å²) in [4.78, 5) is 23.7. The molecule has 10 heteroatoms. The summed E-state index contributed by atoms with van der Waals surface area (Å²) in [6, 6.07) is 7.14. The van der Waals surface area contributed by atoms with Crippen molar-refractivity contribution in [3.63, 3.8) is 0 Å². The minimum absolute atomic E-state index is 0.0769. The van der Waals surface area contributed by atoms with Gasteiger partial charge >= 0.3 is 0 Å². The second-order valence-corrected chi connectivity index (χ2v) is 5.87. The highest BCUT2D eigenvalue weighted by atomic mass is 32.1. The van der Waals surface area contributed by atoms with Gasteiger partial charge in [-0.25, -0.2) is 9.97 Å². The summed E-state index contributed by atoms with van der Waals surface area (Å²) in [5.74, 6) is 1.23. The maximum Gasteiger partial charge on any atom is 0.271 e. The summed E-state index contributed by atoms with van der Waals surface area (Å²) in [5, 5.41) is 12.5. The van der Waals surface area contributed by atoms with Crippen molar-refractivity contribution in [3.8, 4) is 11.5 Å². The van der Waals surface area contributed by atoms with Crippen molar-refractivity contribution in [2.24, 2.45) is 10.7 Å². The van der Waals surface area contributed by atoms with Gasteiger partial charge in [-0.15, -0.1) is 0 Å². The predicted octanol–water partition coefficient (Wildman–Crippen LogP) is 1.46. The number of aliphatic hydroxyl groups is 1. The number of aliphatic imine (C=N–C) groups is 1. The van der Waals surface area contributed by atoms with Crippen LogP contribution >= 0.6 is 11.5 Å². The summed E-state index contributed by atoms with van der Waals surface area (Å²) in [6.45, 7) is -0.00475. The van der Waals surface area contributed by atoms with E-state index >= 15 is 0 Å². The van der Waals surface area contributed by atoms with Gasteiger partial charge in [-0.2, -0.15) is 0 Å². The molecule has 0 saturated heterocycles. The summed E-state index contributed by atoms with van der Waals surface area (Å²) < 4.78 is 8.25. The Morgan fingerprint density at radius 1 is 1.27 bits per heavy atom. The van der Waals surface area contributed by atoms with Crippen LogP contribution < -0.4 is 21.3 Å². The minimum atomic E-state index is -0.333. The molecule has 1 aromatic carbocycles. The van der Waals surface area contributed by atoms with Gasteiger partial charge in [0, 0.05) is 5.69 Å². The van der Waals surface area contributed by atoms with E-state index in [9.17, 15) is 4.79 Å². The number of amidine groups is 1. The van der Waals surface area contributed by atoms with Crippen LogP contribution in [0.2, 0.25) is 0 Å². The van der Waals surface area contributed by atoms with E-state index in [4.69, 9.17) is 15.6 Å². The van der Waals surface area contributed by atoms with Crippen LogP contribution in [-0.4, -0.2) is 38.4 Å². The van der Waals surface area contributed by atoms with E-state index in [1.54, 1.807) is 36.7 Å². The summed E-state index contributed by atoms with van der Waals surface area (Å²) >= 11 is 1.12. The zero-order valence-electron chi connectivity index (χ0n) is 13.5. The molecule has 0 amide bonds. The largest absolute Gasteiger partial charge is 0.454 e. The van der Waals surface area contributed by atoms with Crippen LogP contribution in [0.3, 0.4) is 0 Å². The van der Waals surface area contributed by atoms with Crippen LogP contribution in [0, 0.1) is 0 Å². The molecule has 0 aliphatic heterocycles. The third kappa shape index (κ3) is 4.23. The van der Waals surface area contributed by atoms with E-state index in [1.807, 2.05) is 0 Å². The lowest BCUT2D eigenvalue weighted by atomic mass is 10.2. The second-order valence-electron chi connectivity index (χ2n) is 5.05. The Labute approximate surface area is 152 Å². The fourth-order valence-electron chi connectivity index (χ4n) is 2.08. The van der Waals surface area contributed by atoms with Gasteiger partial charge in [-0.3, -0.25) is 14.2 Å². The molecule has 0 radical (unpaired) electrons. The molecule has 0 aliphatic carbocycles. The number of hydrogen-bond acceptors (Lipinski definition) is 8. The Balaban J connectivity index is 1.75. The molecule has 2 heterocycles. The third-order valence-electron chi connectivity index (χ3n) is 3.22. The molecule has 134 valence electrons. The molecule has 0 saturated carbocycles. The number of hydrogen-bond donors (Lipinski definition) is 4. The Morgan fingerprint density at radius 2 is 2.00 bits per heavy atom. The van der Waals surface area contributed by atoms with E-state index in [-0.39, 0.29) is 30.1 Å². The number of aromatic amines is 1. The molecule has 0 unspecified atom stereocenters. The average Bonchev–Trinajstić information content (AvgIpc) is 3.02. The minimum Gasteiger partial charge on any atom is -0.454 e. The van der Waals surface area contributed by atoms with Crippen LogP contribution in [0.4, 0.5) is 10.7 Å². The molecule has 2 aromatic heterocycles. The first-order valence-corrected chi connectivity index (χ1v) is 8.41. The number of anilines is 2. The number of aromatic nitrogens is 3. The Hall–Kier alpha value is -3.24. The molecule has 0 bridgehead atoms. The van der Waals surface area contributed by atoms with Crippen LogP contribution in [-0.2, 0) is 0 Å². The standard InChI is InChI=1S/C16H16N6O3S/c17-14(20-5-6-23)13-15(24)22-26-16(13)21-10-1-3-11(4-2-10)25-12-7-18-9-19-8-12/h1-4,7-9,21,23H,5-6H2,(H2,17,20)(H,22,24). The lowest BCUT2D eigenvalue weighted by Crippen LogP contribution is -2.22. The van der Waals surface area contributed by atoms with Crippen molar-refractivity contribution in [2.45, 2.75) is 0 Å². The molecule has 0 spiro atoms. The van der Waals surface area contributed by atoms with Gasteiger partial charge in [-0.1, -0.05) is 0 Å². The fourth-order valence-corrected chi connectivity index (χ4v) is 2.85. The van der Waals surface area contributed by atoms with E-state index in [0.29, 0.717) is 16.5 Å². The maximum absolute atomic E-state index is 12.0. The van der Waals surface area contributed by atoms with E-state index in [2.05, 4.69) is 24.7 Å². The molecule has 0 atom stereocenters. The normalized spacial score (nSPS) is 11.3. The predicted molar refractivity (Wildman–Crippen MR) is 99.4 cm³/mol. The highest BCUT2D eigenvalue weighted by Crippen LogP contribution is 2.26. The molecule has 3 aromatic rings. The Kier molecular flexibility index (Phi) is 5.56. The Bertz CT molecular complexity index is 937. The summed E-state index contributed by atoms with van der Waals surface area (Å²) in [6.07, 6.45) is 4.56. The van der Waals surface area contributed by atoms with Gasteiger partial charge < -0.3 is 20.9 Å². The molecular weight excluding hydrogens is 356 g/mol. The SMILES string of the molecule is NC(=NCCO)c1c(Nc2ccc(Oc3cncnc3)cc2)s[nH]c1=O. The smallest absolute Gasteiger partial charge is 0.271 e. The molecule has 5 N–H and O–H groups in total. The highest BCUT2D eigenvalue weighted by Gasteiger charge is 2.14. The highest BCUT2D eigenvalue weighted by molar-refractivity contribution is 7.10. The monoisotopic (exact) mass is 372 g/mol. The van der Waals surface area contributed by atoms with Crippen molar-refractivity contribution in [2.75, 3.05) is 18.5 Å². The summed E-state index contributed by atoms with van der Waals surface area (Å²) in [7, 11) is 0. The zero-order valence-corrected chi connectivity index (χ0v) is 14.4. The van der Waals surface area contributed by atoms with E-state index < -0.39 is 0 Å². The lowest BCUT2D eigenvalue weighted by Gasteiger charge is -2.08. The van der Waals surface area contributed by atoms with Crippen LogP contribution in [0.1, 0.15) is 5.56 Å². The quantitative estimate of drug-likeness (QED) is 0.364. The average molecular weight is 372 g/mol. The number of rotatable bonds is 7. The molecule has 0 fully saturated rings. The van der Waals surface area contributed by atoms with Gasteiger partial charge in [0.05, 0.1) is 25.5 Å². The zero-order chi connectivity index (χ0) is 18.4. The number of nitrogens with two attached hydrogens (primary N) is 1. The third-order valence-corrected chi connectivity index (χ3v) is 4.02. The number of ether oxygens (including phenoxy) is 1. The molecule has 3 rings (SSSR count). The lowest BCUT2D eigenvalue weighted by molar-refractivity contribution is 0.307. The first-order valence-electron chi connectivity index (χ1n) is 7.60. The first kappa shape index (κ1) is 17.6. The van der Waals surface area contributed by atoms with Gasteiger partial charge in [-0.05, 0) is 35.8 Å². The van der Waals surface area contributed by atoms with Gasteiger partial charge in [0.15, 0.2) is 5.75 Å². The second kappa shape index (κ2) is 8.23. The van der Waals surface area contributed by atoms with Crippen molar-refractivity contribution >= 4 is 28.1 Å². The number of nitrogens with zero attached hydrogens (tertiary/aromatic N) is 3. The van der Waals surface area contributed by atoms with Crippen LogP contribution in [0.5, 0.6) is 11.5 Å². The van der Waals surface area contributed by atoms with Gasteiger partial charge in [0.1, 0.15) is 28.5 Å². The van der Waals surface area contributed by atoms with E-state index in [0.717, 1.165) is 17.2 Å². The molecule has 26 heavy (non-hydrogen) atoms. The topological polar surface area (TPSA) is 139 Å². The van der Waals surface area contributed by atoms with Crippen LogP contribution in [0.25, 0.3) is 0 Å². The van der Waals surface area contributed by atoms with Crippen molar-refractivity contribution < 1.29 is 9.84 Å². The number of H-pyrrole nitrogens is 1. The number of aliphatic hydroxyl groups excluding tert-OH is 1. The summed E-state index contributed by atoms with van der Waals surface area (Å²) in [5.41, 5.74) is 6.51. The van der Waals surface area contributed by atoms with Crippen LogP contribution in [0.15, 0.2) is 52.8 Å². The first-order chi connectivity index (χ1) is 12.7. The number of nitrogens with one attached hydrogen (secondary N) is 2. The van der Waals surface area contributed by atoms with Crippen molar-refractivity contribution in [1.29, 1.82) is 0 Å². The molecule has 0 aliphatic rings. The number of benzene rings is 1. The van der Waals surface area contributed by atoms with E-state index in [1.165, 1.54) is 6.33 Å². The fraction of sp³-hybridized carbons (Fsp3) is 0.125.